The molecule has 4 aliphatic rings. The molecule has 0 bridgehead atoms. The first-order chi connectivity index (χ1) is 24.3. The van der Waals surface area contributed by atoms with Crippen LogP contribution in [0, 0.1) is 0 Å². The van der Waals surface area contributed by atoms with Gasteiger partial charge >= 0.3 is 6.85 Å². The lowest BCUT2D eigenvalue weighted by atomic mass is 9.44. The van der Waals surface area contributed by atoms with Crippen molar-refractivity contribution >= 4 is 56.6 Å². The molecule has 0 radical (unpaired) electrons. The van der Waals surface area contributed by atoms with E-state index in [1.54, 1.807) is 0 Å². The van der Waals surface area contributed by atoms with Crippen molar-refractivity contribution in [3.63, 3.8) is 0 Å². The first kappa shape index (κ1) is 29.5. The lowest BCUT2D eigenvalue weighted by Crippen LogP contribution is -2.57. The van der Waals surface area contributed by atoms with Gasteiger partial charge in [-0.25, -0.2) is 0 Å². The van der Waals surface area contributed by atoms with Crippen LogP contribution < -0.4 is 20.6 Å². The van der Waals surface area contributed by atoms with Gasteiger partial charge in [-0.1, -0.05) is 110 Å². The van der Waals surface area contributed by atoms with Gasteiger partial charge in [0.1, 0.15) is 0 Å². The molecule has 7 aromatic rings. The van der Waals surface area contributed by atoms with E-state index in [0.717, 1.165) is 22.9 Å². The summed E-state index contributed by atoms with van der Waals surface area (Å²) in [5.74, 6) is 1.82. The van der Waals surface area contributed by atoms with Crippen LogP contribution in [-0.2, 0) is 16.2 Å². The largest absolute Gasteiger partial charge is 0.453 e. The Morgan fingerprint density at radius 1 is 0.608 bits per heavy atom. The maximum atomic E-state index is 6.78. The van der Waals surface area contributed by atoms with Crippen molar-refractivity contribution in [1.82, 2.24) is 4.48 Å². The normalized spacial score (nSPS) is 15.7. The topological polar surface area (TPSA) is 17.4 Å². The van der Waals surface area contributed by atoms with Gasteiger partial charge in [0.05, 0.1) is 11.4 Å². The van der Waals surface area contributed by atoms with E-state index in [-0.39, 0.29) is 23.1 Å². The quantitative estimate of drug-likeness (QED) is 0.151. The van der Waals surface area contributed by atoms with Gasteiger partial charge in [0.2, 0.25) is 0 Å². The molecule has 0 spiro atoms. The van der Waals surface area contributed by atoms with Crippen LogP contribution in [0.3, 0.4) is 0 Å². The van der Waals surface area contributed by atoms with Crippen LogP contribution in [0.4, 0.5) is 17.1 Å². The van der Waals surface area contributed by atoms with Gasteiger partial charge < -0.3 is 14.1 Å². The Morgan fingerprint density at radius 3 is 2.14 bits per heavy atom. The highest BCUT2D eigenvalue weighted by Gasteiger charge is 2.50. The Kier molecular flexibility index (Phi) is 5.30. The summed E-state index contributed by atoms with van der Waals surface area (Å²) in [4.78, 5) is 2.57. The molecule has 51 heavy (non-hydrogen) atoms. The maximum Gasteiger partial charge on any atom is 0.333 e. The van der Waals surface area contributed by atoms with Crippen LogP contribution >= 0.6 is 0 Å². The van der Waals surface area contributed by atoms with Gasteiger partial charge in [0.15, 0.2) is 11.5 Å². The highest BCUT2D eigenvalue weighted by atomic mass is 16.5. The minimum atomic E-state index is -0.205. The number of fused-ring (bicyclic) bond motifs is 13. The molecule has 11 rings (SSSR count). The molecule has 4 heteroatoms. The number of anilines is 3. The van der Waals surface area contributed by atoms with Crippen LogP contribution in [0.15, 0.2) is 103 Å². The van der Waals surface area contributed by atoms with Crippen LogP contribution in [0.1, 0.15) is 77.6 Å². The van der Waals surface area contributed by atoms with Gasteiger partial charge in [0, 0.05) is 38.5 Å². The molecular formula is C47H41BN2O. The Labute approximate surface area is 300 Å². The number of para-hydroxylation sites is 3. The highest BCUT2D eigenvalue weighted by Crippen LogP contribution is 2.60. The Bertz CT molecular complexity index is 2730. The monoisotopic (exact) mass is 660 g/mol. The highest BCUT2D eigenvalue weighted by molar-refractivity contribution is 6.90. The molecule has 0 fully saturated rings. The fraction of sp³-hybridized carbons (Fsp3) is 0.234. The van der Waals surface area contributed by atoms with E-state index < -0.39 is 0 Å². The summed E-state index contributed by atoms with van der Waals surface area (Å²) in [6, 6.07) is 39.2. The second-order valence-corrected chi connectivity index (χ2v) is 17.8. The summed E-state index contributed by atoms with van der Waals surface area (Å²) in [6.07, 6.45) is 0. The summed E-state index contributed by atoms with van der Waals surface area (Å²) in [7, 11) is 0. The van der Waals surface area contributed by atoms with Gasteiger partial charge in [-0.05, 0) is 109 Å². The van der Waals surface area contributed by atoms with E-state index in [9.17, 15) is 0 Å². The Hall–Kier alpha value is -5.22. The van der Waals surface area contributed by atoms with E-state index in [1.165, 1.54) is 82.9 Å². The predicted molar refractivity (Wildman–Crippen MR) is 215 cm³/mol. The van der Waals surface area contributed by atoms with Gasteiger partial charge in [-0.3, -0.25) is 0 Å². The molecule has 0 saturated heterocycles. The van der Waals surface area contributed by atoms with Gasteiger partial charge in [0.25, 0.3) is 0 Å². The minimum absolute atomic E-state index is 0.0200. The van der Waals surface area contributed by atoms with Crippen LogP contribution in [0.25, 0.3) is 44.1 Å². The molecule has 1 aliphatic carbocycles. The zero-order valence-electron chi connectivity index (χ0n) is 30.7. The van der Waals surface area contributed by atoms with E-state index in [1.807, 2.05) is 0 Å². The third-order valence-electron chi connectivity index (χ3n) is 12.4. The average Bonchev–Trinajstić information content (AvgIpc) is 3.55. The molecule has 6 aromatic carbocycles. The third kappa shape index (κ3) is 3.56. The summed E-state index contributed by atoms with van der Waals surface area (Å²) in [5, 5.41) is 2.69. The zero-order chi connectivity index (χ0) is 34.9. The number of ether oxygens (including phenoxy) is 1. The van der Waals surface area contributed by atoms with Crippen molar-refractivity contribution in [2.24, 2.45) is 0 Å². The van der Waals surface area contributed by atoms with E-state index in [0.29, 0.717) is 0 Å². The molecule has 1 aromatic heterocycles. The SMILES string of the molecule is CC(C)(C)c1ccc2c(c1)c1cc(C(C)(C)C)cc3c1n2B1c2cccc4c2N(c2ccccc2O4)c2c1c-3cc1c2C(C)(C)c2ccccc2-1. The number of rotatable bonds is 0. The Morgan fingerprint density at radius 2 is 1.33 bits per heavy atom. The van der Waals surface area contributed by atoms with Crippen molar-refractivity contribution in [2.75, 3.05) is 4.90 Å². The molecule has 4 heterocycles. The summed E-state index contributed by atoms with van der Waals surface area (Å²) >= 11 is 0. The smallest absolute Gasteiger partial charge is 0.333 e. The molecule has 0 saturated carbocycles. The van der Waals surface area contributed by atoms with Crippen LogP contribution in [-0.4, -0.2) is 11.3 Å². The average molecular weight is 661 g/mol. The Balaban J connectivity index is 1.38. The second kappa shape index (κ2) is 9.17. The van der Waals surface area contributed by atoms with Crippen molar-refractivity contribution in [3.05, 3.63) is 125 Å². The van der Waals surface area contributed by atoms with E-state index in [4.69, 9.17) is 4.74 Å². The molecule has 248 valence electrons. The lowest BCUT2D eigenvalue weighted by Gasteiger charge is -2.45. The maximum absolute atomic E-state index is 6.78. The number of hydrogen-bond acceptors (Lipinski definition) is 2. The van der Waals surface area contributed by atoms with Crippen molar-refractivity contribution in [1.29, 1.82) is 0 Å². The van der Waals surface area contributed by atoms with Gasteiger partial charge in [-0.2, -0.15) is 0 Å². The minimum Gasteiger partial charge on any atom is -0.453 e. The molecule has 0 amide bonds. The predicted octanol–water partition coefficient (Wildman–Crippen LogP) is 11.2. The van der Waals surface area contributed by atoms with Crippen molar-refractivity contribution < 1.29 is 4.74 Å². The van der Waals surface area contributed by atoms with Crippen molar-refractivity contribution in [2.45, 2.75) is 71.6 Å². The fourth-order valence-electron chi connectivity index (χ4n) is 9.92. The van der Waals surface area contributed by atoms with Crippen LogP contribution in [0.2, 0.25) is 0 Å². The summed E-state index contributed by atoms with van der Waals surface area (Å²) in [5.41, 5.74) is 19.6. The number of nitrogens with zero attached hydrogens (tertiary/aromatic N) is 2. The van der Waals surface area contributed by atoms with Crippen molar-refractivity contribution in [3.8, 4) is 33.8 Å². The second-order valence-electron chi connectivity index (χ2n) is 17.8. The molecule has 0 unspecified atom stereocenters. The first-order valence-corrected chi connectivity index (χ1v) is 18.5. The molecule has 0 N–H and O–H groups in total. The molecular weight excluding hydrogens is 619 g/mol. The third-order valence-corrected chi connectivity index (χ3v) is 12.4. The summed E-state index contributed by atoms with van der Waals surface area (Å²) < 4.78 is 9.47. The number of benzene rings is 6. The molecule has 3 nitrogen and oxygen atoms in total. The number of aromatic nitrogens is 1. The molecule has 3 aliphatic heterocycles. The van der Waals surface area contributed by atoms with E-state index >= 15 is 0 Å². The zero-order valence-corrected chi connectivity index (χ0v) is 30.7. The number of hydrogen-bond donors (Lipinski definition) is 0. The van der Waals surface area contributed by atoms with E-state index in [2.05, 4.69) is 168 Å². The lowest BCUT2D eigenvalue weighted by molar-refractivity contribution is 0.477. The van der Waals surface area contributed by atoms with Crippen LogP contribution in [0.5, 0.6) is 11.5 Å². The standard InChI is InChI=1S/C47H41BN2O/c1-45(2,3)26-20-21-36-29(22-26)32-23-27(46(4,5)6)24-33-31-25-30-28-14-9-10-15-34(28)47(7,8)40(30)44-41(31)48(50(36)42(32)33)35-16-13-19-39-43(35)49(44)37-17-11-12-18-38(37)51-39/h9-25H,1-8H3. The molecule has 0 atom stereocenters. The first-order valence-electron chi connectivity index (χ1n) is 18.5. The van der Waals surface area contributed by atoms with Gasteiger partial charge in [-0.15, -0.1) is 0 Å². The summed E-state index contributed by atoms with van der Waals surface area (Å²) in [6.45, 7) is 18.9. The fourth-order valence-corrected chi connectivity index (χ4v) is 9.92.